The molecule has 2 unspecified atom stereocenters. The van der Waals surface area contributed by atoms with Gasteiger partial charge < -0.3 is 10.3 Å². The lowest BCUT2D eigenvalue weighted by Gasteiger charge is -2.17. The minimum absolute atomic E-state index is 0.193. The van der Waals surface area contributed by atoms with Gasteiger partial charge in [-0.05, 0) is 25.7 Å². The van der Waals surface area contributed by atoms with E-state index >= 15 is 0 Å². The van der Waals surface area contributed by atoms with Gasteiger partial charge in [-0.2, -0.15) is 4.98 Å². The Balaban J connectivity index is 1.69. The van der Waals surface area contributed by atoms with Gasteiger partial charge in [0.05, 0.1) is 5.92 Å². The number of nitrogens with two attached hydrogens (primary N) is 1. The number of hydrogen-bond donors (Lipinski definition) is 1. The molecule has 4 heteroatoms. The van der Waals surface area contributed by atoms with E-state index in [1.165, 1.54) is 64.2 Å². The third-order valence-corrected chi connectivity index (χ3v) is 5.31. The van der Waals surface area contributed by atoms with Gasteiger partial charge in [0.2, 0.25) is 5.89 Å². The Morgan fingerprint density at radius 1 is 0.810 bits per heavy atom. The summed E-state index contributed by atoms with van der Waals surface area (Å²) in [7, 11) is 0. The second-order valence-corrected chi connectivity index (χ2v) is 6.94. The molecule has 1 aromatic rings. The molecule has 3 rings (SSSR count). The van der Waals surface area contributed by atoms with Gasteiger partial charge in [0, 0.05) is 12.0 Å². The first kappa shape index (κ1) is 15.0. The standard InChI is InChI=1S/C17H29N3O/c18-15-12-8-4-7-11-14(15)17-19-16(20-21-17)13-9-5-2-1-3-6-10-13/h13-15H,1-12,18H2. The lowest BCUT2D eigenvalue weighted by Crippen LogP contribution is -2.27. The molecule has 2 atom stereocenters. The fourth-order valence-electron chi connectivity index (χ4n) is 3.92. The fraction of sp³-hybridized carbons (Fsp3) is 0.882. The van der Waals surface area contributed by atoms with E-state index < -0.39 is 0 Å². The Bertz CT molecular complexity index is 423. The molecular formula is C17H29N3O. The molecule has 2 saturated carbocycles. The lowest BCUT2D eigenvalue weighted by atomic mass is 9.90. The van der Waals surface area contributed by atoms with Crippen LogP contribution in [0.4, 0.5) is 0 Å². The highest BCUT2D eigenvalue weighted by Crippen LogP contribution is 2.33. The summed E-state index contributed by atoms with van der Waals surface area (Å²) in [6.07, 6.45) is 15.1. The van der Waals surface area contributed by atoms with E-state index in [2.05, 4.69) is 5.16 Å². The summed E-state index contributed by atoms with van der Waals surface area (Å²) >= 11 is 0. The monoisotopic (exact) mass is 291 g/mol. The zero-order chi connectivity index (χ0) is 14.5. The van der Waals surface area contributed by atoms with Crippen LogP contribution in [0.3, 0.4) is 0 Å². The van der Waals surface area contributed by atoms with Crippen molar-refractivity contribution in [3.05, 3.63) is 11.7 Å². The van der Waals surface area contributed by atoms with Crippen LogP contribution >= 0.6 is 0 Å². The first-order chi connectivity index (χ1) is 10.3. The molecule has 21 heavy (non-hydrogen) atoms. The maximum absolute atomic E-state index is 6.32. The highest BCUT2D eigenvalue weighted by molar-refractivity contribution is 5.03. The maximum atomic E-state index is 6.32. The predicted molar refractivity (Wildman–Crippen MR) is 83.2 cm³/mol. The van der Waals surface area contributed by atoms with E-state index in [0.717, 1.165) is 24.6 Å². The largest absolute Gasteiger partial charge is 0.339 e. The normalized spacial score (nSPS) is 29.6. The molecule has 1 heterocycles. The summed E-state index contributed by atoms with van der Waals surface area (Å²) in [6.45, 7) is 0. The third-order valence-electron chi connectivity index (χ3n) is 5.31. The Morgan fingerprint density at radius 2 is 1.43 bits per heavy atom. The van der Waals surface area contributed by atoms with Crippen LogP contribution in [0.15, 0.2) is 4.52 Å². The molecule has 4 nitrogen and oxygen atoms in total. The molecule has 118 valence electrons. The number of nitrogens with zero attached hydrogens (tertiary/aromatic N) is 2. The van der Waals surface area contributed by atoms with Crippen LogP contribution in [0.1, 0.15) is 101 Å². The van der Waals surface area contributed by atoms with Crippen LogP contribution in [0.25, 0.3) is 0 Å². The minimum Gasteiger partial charge on any atom is -0.339 e. The quantitative estimate of drug-likeness (QED) is 0.826. The van der Waals surface area contributed by atoms with Gasteiger partial charge in [0.1, 0.15) is 0 Å². The van der Waals surface area contributed by atoms with Crippen molar-refractivity contribution in [3.63, 3.8) is 0 Å². The molecule has 0 amide bonds. The van der Waals surface area contributed by atoms with Crippen LogP contribution in [0.2, 0.25) is 0 Å². The molecule has 0 bridgehead atoms. The Labute approximate surface area is 127 Å². The van der Waals surface area contributed by atoms with Crippen molar-refractivity contribution in [3.8, 4) is 0 Å². The molecule has 2 aliphatic rings. The van der Waals surface area contributed by atoms with E-state index in [4.69, 9.17) is 15.2 Å². The average Bonchev–Trinajstić information content (AvgIpc) is 2.82. The van der Waals surface area contributed by atoms with Crippen LogP contribution < -0.4 is 5.73 Å². The van der Waals surface area contributed by atoms with Crippen molar-refractivity contribution in [2.75, 3.05) is 0 Å². The zero-order valence-electron chi connectivity index (χ0n) is 13.1. The summed E-state index contributed by atoms with van der Waals surface area (Å²) in [6, 6.07) is 0.193. The second-order valence-electron chi connectivity index (χ2n) is 6.94. The first-order valence-electron chi connectivity index (χ1n) is 8.93. The summed E-state index contributed by atoms with van der Waals surface area (Å²) in [5.41, 5.74) is 6.32. The van der Waals surface area contributed by atoms with Gasteiger partial charge in [-0.1, -0.05) is 56.5 Å². The smallest absolute Gasteiger partial charge is 0.231 e. The molecule has 0 spiro atoms. The minimum atomic E-state index is 0.193. The SMILES string of the molecule is NC1CCCCCC1c1nc(C2CCCCCCC2)no1. The van der Waals surface area contributed by atoms with Gasteiger partial charge >= 0.3 is 0 Å². The Kier molecular flexibility index (Phi) is 5.28. The van der Waals surface area contributed by atoms with E-state index in [9.17, 15) is 0 Å². The van der Waals surface area contributed by atoms with E-state index in [1.54, 1.807) is 0 Å². The number of aromatic nitrogens is 2. The molecular weight excluding hydrogens is 262 g/mol. The molecule has 2 N–H and O–H groups in total. The van der Waals surface area contributed by atoms with Crippen LogP contribution in [0.5, 0.6) is 0 Å². The molecule has 0 saturated heterocycles. The second kappa shape index (κ2) is 7.39. The maximum Gasteiger partial charge on any atom is 0.231 e. The Hall–Kier alpha value is -0.900. The molecule has 2 fully saturated rings. The highest BCUT2D eigenvalue weighted by atomic mass is 16.5. The summed E-state index contributed by atoms with van der Waals surface area (Å²) in [5.74, 6) is 2.54. The number of rotatable bonds is 2. The molecule has 1 aromatic heterocycles. The Morgan fingerprint density at radius 3 is 2.24 bits per heavy atom. The van der Waals surface area contributed by atoms with Gasteiger partial charge in [0.15, 0.2) is 5.82 Å². The van der Waals surface area contributed by atoms with E-state index in [1.807, 2.05) is 0 Å². The van der Waals surface area contributed by atoms with Crippen LogP contribution in [-0.4, -0.2) is 16.2 Å². The van der Waals surface area contributed by atoms with Crippen LogP contribution in [-0.2, 0) is 0 Å². The summed E-state index contributed by atoms with van der Waals surface area (Å²) in [5, 5.41) is 4.31. The van der Waals surface area contributed by atoms with Crippen molar-refractivity contribution in [1.82, 2.24) is 10.1 Å². The van der Waals surface area contributed by atoms with Crippen molar-refractivity contribution in [2.24, 2.45) is 5.73 Å². The molecule has 0 aliphatic heterocycles. The summed E-state index contributed by atoms with van der Waals surface area (Å²) < 4.78 is 5.61. The average molecular weight is 291 g/mol. The van der Waals surface area contributed by atoms with Crippen molar-refractivity contribution in [2.45, 2.75) is 94.9 Å². The fourth-order valence-corrected chi connectivity index (χ4v) is 3.92. The molecule has 0 aromatic carbocycles. The van der Waals surface area contributed by atoms with Crippen molar-refractivity contribution < 1.29 is 4.52 Å². The lowest BCUT2D eigenvalue weighted by molar-refractivity contribution is 0.319. The molecule has 0 radical (unpaired) electrons. The van der Waals surface area contributed by atoms with Crippen molar-refractivity contribution in [1.29, 1.82) is 0 Å². The topological polar surface area (TPSA) is 64.9 Å². The zero-order valence-corrected chi connectivity index (χ0v) is 13.1. The van der Waals surface area contributed by atoms with E-state index in [-0.39, 0.29) is 12.0 Å². The first-order valence-corrected chi connectivity index (χ1v) is 8.93. The summed E-state index contributed by atoms with van der Waals surface area (Å²) in [4.78, 5) is 4.76. The van der Waals surface area contributed by atoms with Gasteiger partial charge in [-0.3, -0.25) is 0 Å². The molecule has 2 aliphatic carbocycles. The third kappa shape index (κ3) is 3.85. The van der Waals surface area contributed by atoms with E-state index in [0.29, 0.717) is 5.92 Å². The van der Waals surface area contributed by atoms with Gasteiger partial charge in [-0.15, -0.1) is 0 Å². The highest BCUT2D eigenvalue weighted by Gasteiger charge is 2.28. The van der Waals surface area contributed by atoms with Gasteiger partial charge in [0.25, 0.3) is 0 Å². The van der Waals surface area contributed by atoms with Gasteiger partial charge in [-0.25, -0.2) is 0 Å². The predicted octanol–water partition coefficient (Wildman–Crippen LogP) is 4.27. The van der Waals surface area contributed by atoms with Crippen LogP contribution in [0, 0.1) is 0 Å². The number of hydrogen-bond acceptors (Lipinski definition) is 4. The van der Waals surface area contributed by atoms with Crippen molar-refractivity contribution >= 4 is 0 Å².